The normalized spacial score (nSPS) is 11.4. The number of nitrogens with one attached hydrogen (secondary N) is 2. The Labute approximate surface area is 201 Å². The van der Waals surface area contributed by atoms with Crippen LogP contribution in [0.1, 0.15) is 35.5 Å². The summed E-state index contributed by atoms with van der Waals surface area (Å²) in [5.74, 6) is -0.488. The minimum absolute atomic E-state index is 0.0669. The lowest BCUT2D eigenvalue weighted by Gasteiger charge is -2.20. The monoisotopic (exact) mass is 508 g/mol. The van der Waals surface area contributed by atoms with Crippen molar-refractivity contribution >= 4 is 45.7 Å². The molecule has 0 unspecified atom stereocenters. The Kier molecular flexibility index (Phi) is 8.60. The number of anilines is 1. The molecule has 0 saturated heterocycles. The highest BCUT2D eigenvalue weighted by Crippen LogP contribution is 2.17. The van der Waals surface area contributed by atoms with Crippen LogP contribution in [0, 0.1) is 0 Å². The number of rotatable bonds is 9. The van der Waals surface area contributed by atoms with Crippen LogP contribution in [0.4, 0.5) is 5.69 Å². The van der Waals surface area contributed by atoms with E-state index in [1.54, 1.807) is 42.5 Å². The number of carbonyl (C=O) groups is 2. The molecule has 0 saturated carbocycles. The second-order valence-electron chi connectivity index (χ2n) is 6.98. The Morgan fingerprint density at radius 1 is 1.00 bits per heavy atom. The number of amides is 2. The molecule has 33 heavy (non-hydrogen) atoms. The molecule has 2 amide bonds. The second-order valence-corrected chi connectivity index (χ2v) is 7.76. The molecule has 3 aromatic rings. The van der Waals surface area contributed by atoms with Crippen LogP contribution < -0.4 is 15.6 Å². The molecule has 1 aromatic heterocycles. The minimum Gasteiger partial charge on any atom is -0.448 e. The van der Waals surface area contributed by atoms with Crippen molar-refractivity contribution in [2.24, 2.45) is 5.10 Å². The van der Waals surface area contributed by atoms with E-state index in [1.807, 2.05) is 30.3 Å². The fraction of sp³-hybridized carbons (Fsp3) is 0.160. The first-order valence-electron chi connectivity index (χ1n) is 10.5. The number of hydrogen-bond acceptors (Lipinski definition) is 5. The first-order valence-corrected chi connectivity index (χ1v) is 11.3. The molecule has 0 aliphatic rings. The van der Waals surface area contributed by atoms with E-state index in [-0.39, 0.29) is 5.70 Å². The van der Waals surface area contributed by atoms with Gasteiger partial charge in [-0.05, 0) is 77.8 Å². The van der Waals surface area contributed by atoms with Crippen molar-refractivity contribution in [1.29, 1.82) is 0 Å². The maximum atomic E-state index is 12.8. The molecule has 0 fully saturated rings. The SMILES string of the molecule is CCN(CC)c1ccc(/C=C(/NC(=O)c2ccccc2)C(=O)NN=Cc2ccc(Br)o2)cc1. The maximum absolute atomic E-state index is 12.8. The summed E-state index contributed by atoms with van der Waals surface area (Å²) >= 11 is 3.21. The summed E-state index contributed by atoms with van der Waals surface area (Å²) in [6, 6.07) is 19.9. The van der Waals surface area contributed by atoms with E-state index in [0.29, 0.717) is 16.0 Å². The molecule has 8 heteroatoms. The summed E-state index contributed by atoms with van der Waals surface area (Å²) in [6.07, 6.45) is 2.99. The molecule has 0 atom stereocenters. The molecule has 7 nitrogen and oxygen atoms in total. The summed E-state index contributed by atoms with van der Waals surface area (Å²) in [5.41, 5.74) is 4.79. The van der Waals surface area contributed by atoms with Crippen molar-refractivity contribution < 1.29 is 14.0 Å². The van der Waals surface area contributed by atoms with Gasteiger partial charge in [0.1, 0.15) is 11.5 Å². The van der Waals surface area contributed by atoms with Crippen LogP contribution in [0.5, 0.6) is 0 Å². The number of carbonyl (C=O) groups excluding carboxylic acids is 2. The van der Waals surface area contributed by atoms with Gasteiger partial charge in [0.05, 0.1) is 6.21 Å². The summed E-state index contributed by atoms with van der Waals surface area (Å²) in [5, 5.41) is 6.61. The van der Waals surface area contributed by atoms with Gasteiger partial charge < -0.3 is 14.6 Å². The third-order valence-electron chi connectivity index (χ3n) is 4.81. The average Bonchev–Trinajstić information content (AvgIpc) is 3.25. The zero-order valence-corrected chi connectivity index (χ0v) is 20.0. The van der Waals surface area contributed by atoms with Gasteiger partial charge in [0.2, 0.25) is 0 Å². The molecule has 2 N–H and O–H groups in total. The van der Waals surface area contributed by atoms with Crippen molar-refractivity contribution in [1.82, 2.24) is 10.7 Å². The van der Waals surface area contributed by atoms with Gasteiger partial charge in [0, 0.05) is 24.3 Å². The fourth-order valence-corrected chi connectivity index (χ4v) is 3.41. The Morgan fingerprint density at radius 3 is 2.30 bits per heavy atom. The summed E-state index contributed by atoms with van der Waals surface area (Å²) in [6.45, 7) is 6.00. The Hall–Kier alpha value is -3.65. The van der Waals surface area contributed by atoms with E-state index in [0.717, 1.165) is 24.3 Å². The molecule has 0 aliphatic carbocycles. The maximum Gasteiger partial charge on any atom is 0.287 e. The quantitative estimate of drug-likeness (QED) is 0.246. The second kappa shape index (κ2) is 11.8. The van der Waals surface area contributed by atoms with E-state index >= 15 is 0 Å². The van der Waals surface area contributed by atoms with Crippen LogP contribution in [-0.2, 0) is 4.79 Å². The molecule has 0 spiro atoms. The van der Waals surface area contributed by atoms with Crippen LogP contribution in [0.3, 0.4) is 0 Å². The van der Waals surface area contributed by atoms with Gasteiger partial charge in [-0.25, -0.2) is 5.43 Å². The lowest BCUT2D eigenvalue weighted by atomic mass is 10.1. The van der Waals surface area contributed by atoms with Gasteiger partial charge in [-0.1, -0.05) is 30.3 Å². The molecular weight excluding hydrogens is 484 g/mol. The molecule has 0 bridgehead atoms. The topological polar surface area (TPSA) is 86.9 Å². The first kappa shape index (κ1) is 24.0. The molecule has 0 aliphatic heterocycles. The largest absolute Gasteiger partial charge is 0.448 e. The van der Waals surface area contributed by atoms with Gasteiger partial charge in [-0.15, -0.1) is 0 Å². The molecule has 170 valence electrons. The number of hydrazone groups is 1. The Balaban J connectivity index is 1.81. The van der Waals surface area contributed by atoms with Gasteiger partial charge in [-0.3, -0.25) is 9.59 Å². The minimum atomic E-state index is -0.561. The lowest BCUT2D eigenvalue weighted by Crippen LogP contribution is -2.32. The lowest BCUT2D eigenvalue weighted by molar-refractivity contribution is -0.117. The molecule has 1 heterocycles. The number of halogens is 1. The van der Waals surface area contributed by atoms with E-state index in [9.17, 15) is 9.59 Å². The van der Waals surface area contributed by atoms with Gasteiger partial charge >= 0.3 is 0 Å². The smallest absolute Gasteiger partial charge is 0.287 e. The van der Waals surface area contributed by atoms with Gasteiger partial charge in [0.25, 0.3) is 11.8 Å². The Bertz CT molecular complexity index is 1130. The van der Waals surface area contributed by atoms with Gasteiger partial charge in [-0.2, -0.15) is 5.10 Å². The van der Waals surface area contributed by atoms with Crippen molar-refractivity contribution in [3.63, 3.8) is 0 Å². The van der Waals surface area contributed by atoms with Crippen LogP contribution in [0.15, 0.2) is 86.6 Å². The third-order valence-corrected chi connectivity index (χ3v) is 5.24. The zero-order valence-electron chi connectivity index (χ0n) is 18.4. The highest BCUT2D eigenvalue weighted by atomic mass is 79.9. The van der Waals surface area contributed by atoms with Crippen molar-refractivity contribution in [2.45, 2.75) is 13.8 Å². The summed E-state index contributed by atoms with van der Waals surface area (Å²) < 4.78 is 5.88. The van der Waals surface area contributed by atoms with E-state index in [4.69, 9.17) is 4.42 Å². The predicted molar refractivity (Wildman–Crippen MR) is 134 cm³/mol. The molecule has 2 aromatic carbocycles. The van der Waals surface area contributed by atoms with Crippen LogP contribution in [0.25, 0.3) is 6.08 Å². The van der Waals surface area contributed by atoms with Crippen molar-refractivity contribution in [3.8, 4) is 0 Å². The average molecular weight is 509 g/mol. The Morgan fingerprint density at radius 2 is 1.70 bits per heavy atom. The third kappa shape index (κ3) is 6.92. The number of nitrogens with zero attached hydrogens (tertiary/aromatic N) is 2. The molecular formula is C25H25BrN4O3. The summed E-state index contributed by atoms with van der Waals surface area (Å²) in [4.78, 5) is 27.7. The van der Waals surface area contributed by atoms with E-state index < -0.39 is 11.8 Å². The highest BCUT2D eigenvalue weighted by molar-refractivity contribution is 9.10. The van der Waals surface area contributed by atoms with Crippen molar-refractivity contribution in [3.05, 3.63) is 94.0 Å². The van der Waals surface area contributed by atoms with E-state index in [1.165, 1.54) is 6.21 Å². The molecule has 0 radical (unpaired) electrons. The molecule has 3 rings (SSSR count). The standard InChI is InChI=1S/C25H25BrN4O3/c1-3-30(4-2)20-12-10-18(11-13-20)16-22(28-24(31)19-8-6-5-7-9-19)25(32)29-27-17-21-14-15-23(26)33-21/h5-17H,3-4H2,1-2H3,(H,28,31)(H,29,32)/b22-16+,27-17?. The van der Waals surface area contributed by atoms with E-state index in [2.05, 4.69) is 50.5 Å². The van der Waals surface area contributed by atoms with Crippen LogP contribution in [-0.4, -0.2) is 31.1 Å². The zero-order chi connectivity index (χ0) is 23.6. The van der Waals surface area contributed by atoms with Gasteiger partial charge in [0.15, 0.2) is 4.67 Å². The number of furan rings is 1. The van der Waals surface area contributed by atoms with Crippen LogP contribution >= 0.6 is 15.9 Å². The van der Waals surface area contributed by atoms with Crippen LogP contribution in [0.2, 0.25) is 0 Å². The summed E-state index contributed by atoms with van der Waals surface area (Å²) in [7, 11) is 0. The first-order chi connectivity index (χ1) is 16.0. The fourth-order valence-electron chi connectivity index (χ4n) is 3.09. The van der Waals surface area contributed by atoms with Crippen molar-refractivity contribution in [2.75, 3.05) is 18.0 Å². The predicted octanol–water partition coefficient (Wildman–Crippen LogP) is 4.81. The number of hydrogen-bond donors (Lipinski definition) is 2. The highest BCUT2D eigenvalue weighted by Gasteiger charge is 2.14. The number of benzene rings is 2.